The molecule has 0 radical (unpaired) electrons. The Morgan fingerprint density at radius 1 is 0.864 bits per heavy atom. The molecule has 1 heterocycles. The third kappa shape index (κ3) is 1.46. The van der Waals surface area contributed by atoms with Crippen LogP contribution < -0.4 is 0 Å². The quantitative estimate of drug-likeness (QED) is 0.752. The highest BCUT2D eigenvalue weighted by Crippen LogP contribution is 2.48. The van der Waals surface area contributed by atoms with Crippen molar-refractivity contribution in [2.75, 3.05) is 0 Å². The second kappa shape index (κ2) is 4.19. The van der Waals surface area contributed by atoms with Crippen molar-refractivity contribution in [3.8, 4) is 0 Å². The molecule has 3 aliphatic rings. The fraction of sp³-hybridized carbons (Fsp3) is 0.368. The summed E-state index contributed by atoms with van der Waals surface area (Å²) in [5.41, 5.74) is 1.38. The molecule has 0 aromatic heterocycles. The largest absolute Gasteiger partial charge is 0.271 e. The van der Waals surface area contributed by atoms with Crippen LogP contribution in [0.3, 0.4) is 0 Å². The molecule has 1 aliphatic heterocycles. The second-order valence-corrected chi connectivity index (χ2v) is 6.93. The van der Waals surface area contributed by atoms with Crippen LogP contribution in [-0.4, -0.2) is 22.8 Å². The molecule has 2 amide bonds. The number of nitrogens with zero attached hydrogens (tertiary/aromatic N) is 1. The molecule has 110 valence electrons. The van der Waals surface area contributed by atoms with E-state index in [9.17, 15) is 9.59 Å². The van der Waals surface area contributed by atoms with E-state index in [4.69, 9.17) is 0 Å². The van der Waals surface area contributed by atoms with E-state index in [2.05, 4.69) is 0 Å². The van der Waals surface area contributed by atoms with Crippen LogP contribution in [0.1, 0.15) is 46.4 Å². The van der Waals surface area contributed by atoms with Crippen molar-refractivity contribution >= 4 is 22.6 Å². The molecule has 3 nitrogen and oxygen atoms in total. The highest BCUT2D eigenvalue weighted by atomic mass is 16.2. The maximum Gasteiger partial charge on any atom is 0.261 e. The lowest BCUT2D eigenvalue weighted by atomic mass is 9.89. The lowest BCUT2D eigenvalue weighted by Crippen LogP contribution is -2.49. The molecule has 3 heteroatoms. The van der Waals surface area contributed by atoms with E-state index in [-0.39, 0.29) is 17.9 Å². The maximum absolute atomic E-state index is 13.0. The number of imide groups is 1. The van der Waals surface area contributed by atoms with Crippen molar-refractivity contribution in [3.05, 3.63) is 47.5 Å². The Bertz CT molecular complexity index is 775. The first kappa shape index (κ1) is 12.4. The van der Waals surface area contributed by atoms with Crippen LogP contribution in [0.4, 0.5) is 0 Å². The highest BCUT2D eigenvalue weighted by Gasteiger charge is 2.47. The average molecular weight is 291 g/mol. The van der Waals surface area contributed by atoms with Crippen LogP contribution >= 0.6 is 0 Å². The number of carbonyl (C=O) groups is 2. The van der Waals surface area contributed by atoms with Crippen LogP contribution in [0, 0.1) is 11.8 Å². The molecule has 0 unspecified atom stereocenters. The molecular formula is C19H17NO2. The minimum Gasteiger partial charge on any atom is -0.271 e. The monoisotopic (exact) mass is 291 g/mol. The molecule has 0 N–H and O–H groups in total. The summed E-state index contributed by atoms with van der Waals surface area (Å²) in [6, 6.07) is 11.6. The van der Waals surface area contributed by atoms with Gasteiger partial charge in [-0.1, -0.05) is 30.7 Å². The SMILES string of the molecule is O=C1c2cccc3cccc(c23)C(=O)N1[C@@H]1C[C@H]2CC[C@@H]1C2. The van der Waals surface area contributed by atoms with Gasteiger partial charge in [-0.15, -0.1) is 0 Å². The van der Waals surface area contributed by atoms with Gasteiger partial charge in [0.05, 0.1) is 0 Å². The van der Waals surface area contributed by atoms with Crippen LogP contribution in [0.5, 0.6) is 0 Å². The fourth-order valence-electron chi connectivity index (χ4n) is 4.88. The molecule has 3 atom stereocenters. The second-order valence-electron chi connectivity index (χ2n) is 6.93. The van der Waals surface area contributed by atoms with Gasteiger partial charge < -0.3 is 0 Å². The van der Waals surface area contributed by atoms with Gasteiger partial charge in [0.1, 0.15) is 0 Å². The molecular weight excluding hydrogens is 274 g/mol. The number of benzene rings is 2. The number of fused-ring (bicyclic) bond motifs is 2. The van der Waals surface area contributed by atoms with E-state index in [1.807, 2.05) is 36.4 Å². The van der Waals surface area contributed by atoms with E-state index in [0.717, 1.165) is 23.6 Å². The zero-order valence-corrected chi connectivity index (χ0v) is 12.3. The first-order valence-electron chi connectivity index (χ1n) is 8.13. The van der Waals surface area contributed by atoms with E-state index >= 15 is 0 Å². The van der Waals surface area contributed by atoms with Gasteiger partial charge >= 0.3 is 0 Å². The van der Waals surface area contributed by atoms with Crippen LogP contribution in [0.2, 0.25) is 0 Å². The van der Waals surface area contributed by atoms with Gasteiger partial charge in [-0.3, -0.25) is 14.5 Å². The third-order valence-electron chi connectivity index (χ3n) is 5.84. The lowest BCUT2D eigenvalue weighted by molar-refractivity contribution is 0.0484. The van der Waals surface area contributed by atoms with Gasteiger partial charge in [-0.05, 0) is 48.6 Å². The lowest BCUT2D eigenvalue weighted by Gasteiger charge is -2.36. The summed E-state index contributed by atoms with van der Waals surface area (Å²) in [7, 11) is 0. The predicted molar refractivity (Wildman–Crippen MR) is 83.7 cm³/mol. The smallest absolute Gasteiger partial charge is 0.261 e. The van der Waals surface area contributed by atoms with Crippen molar-refractivity contribution in [2.24, 2.45) is 11.8 Å². The normalized spacial score (nSPS) is 29.6. The average Bonchev–Trinajstić information content (AvgIpc) is 3.16. The molecule has 2 saturated carbocycles. The van der Waals surface area contributed by atoms with Crippen molar-refractivity contribution in [2.45, 2.75) is 31.7 Å². The number of amides is 2. The van der Waals surface area contributed by atoms with E-state index in [0.29, 0.717) is 23.0 Å². The molecule has 0 saturated heterocycles. The number of rotatable bonds is 1. The summed E-state index contributed by atoms with van der Waals surface area (Å²) in [5.74, 6) is 1.05. The van der Waals surface area contributed by atoms with Crippen molar-refractivity contribution in [1.82, 2.24) is 4.90 Å². The van der Waals surface area contributed by atoms with Gasteiger partial charge in [0.25, 0.3) is 11.8 Å². The summed E-state index contributed by atoms with van der Waals surface area (Å²) in [6.45, 7) is 0. The summed E-state index contributed by atoms with van der Waals surface area (Å²) in [6.07, 6.45) is 4.62. The first-order valence-corrected chi connectivity index (χ1v) is 8.13. The van der Waals surface area contributed by atoms with Crippen LogP contribution in [0.25, 0.3) is 10.8 Å². The Labute approximate surface area is 128 Å². The number of hydrogen-bond acceptors (Lipinski definition) is 2. The Balaban J connectivity index is 1.69. The molecule has 2 aromatic carbocycles. The maximum atomic E-state index is 13.0. The van der Waals surface area contributed by atoms with Crippen LogP contribution in [-0.2, 0) is 0 Å². The Hall–Kier alpha value is -2.16. The van der Waals surface area contributed by atoms with Gasteiger partial charge in [0, 0.05) is 22.6 Å². The summed E-state index contributed by atoms with van der Waals surface area (Å²) in [5, 5.41) is 1.81. The van der Waals surface area contributed by atoms with Gasteiger partial charge in [-0.2, -0.15) is 0 Å². The zero-order chi connectivity index (χ0) is 14.8. The Morgan fingerprint density at radius 3 is 2.09 bits per heavy atom. The number of carbonyl (C=O) groups excluding carboxylic acids is 2. The minimum absolute atomic E-state index is 0.0909. The van der Waals surface area contributed by atoms with E-state index in [1.54, 1.807) is 4.90 Å². The molecule has 2 fully saturated rings. The van der Waals surface area contributed by atoms with Crippen molar-refractivity contribution in [3.63, 3.8) is 0 Å². The molecule has 2 aliphatic carbocycles. The van der Waals surface area contributed by atoms with Gasteiger partial charge in [-0.25, -0.2) is 0 Å². The topological polar surface area (TPSA) is 37.4 Å². The third-order valence-corrected chi connectivity index (χ3v) is 5.84. The zero-order valence-electron chi connectivity index (χ0n) is 12.3. The summed E-state index contributed by atoms with van der Waals surface area (Å²) < 4.78 is 0. The molecule has 2 bridgehead atoms. The standard InChI is InChI=1S/C19H17NO2/c21-18-14-5-1-3-12-4-2-6-15(17(12)14)19(22)20(18)16-10-11-7-8-13(16)9-11/h1-6,11,13,16H,7-10H2/t11-,13+,16+/m0/s1. The van der Waals surface area contributed by atoms with Crippen molar-refractivity contribution in [1.29, 1.82) is 0 Å². The Kier molecular flexibility index (Phi) is 2.36. The van der Waals surface area contributed by atoms with E-state index in [1.165, 1.54) is 12.8 Å². The molecule has 22 heavy (non-hydrogen) atoms. The van der Waals surface area contributed by atoms with Crippen molar-refractivity contribution < 1.29 is 9.59 Å². The number of hydrogen-bond donors (Lipinski definition) is 0. The Morgan fingerprint density at radius 2 is 1.55 bits per heavy atom. The molecule has 2 aromatic rings. The minimum atomic E-state index is -0.0909. The predicted octanol–water partition coefficient (Wildman–Crippen LogP) is 3.62. The first-order chi connectivity index (χ1) is 10.7. The summed E-state index contributed by atoms with van der Waals surface area (Å²) in [4.78, 5) is 27.5. The van der Waals surface area contributed by atoms with Gasteiger partial charge in [0.15, 0.2) is 0 Å². The fourth-order valence-corrected chi connectivity index (χ4v) is 4.88. The molecule has 0 spiro atoms. The summed E-state index contributed by atoms with van der Waals surface area (Å²) >= 11 is 0. The van der Waals surface area contributed by atoms with E-state index < -0.39 is 0 Å². The van der Waals surface area contributed by atoms with Crippen LogP contribution in [0.15, 0.2) is 36.4 Å². The molecule has 5 rings (SSSR count). The van der Waals surface area contributed by atoms with Gasteiger partial charge in [0.2, 0.25) is 0 Å². The highest BCUT2D eigenvalue weighted by molar-refractivity contribution is 6.25.